The molecule has 1 aromatic heterocycles. The van der Waals surface area contributed by atoms with Crippen molar-refractivity contribution in [3.63, 3.8) is 0 Å². The van der Waals surface area contributed by atoms with Gasteiger partial charge in [-0.3, -0.25) is 9.59 Å². The number of aromatic nitrogens is 1. The molecule has 0 spiro atoms. The standard InChI is InChI=1S/C16H24N4O3S/c1-23-7-6-20-13-4-2-11(15(20)22)8-19(9-13)14(21)5-3-12-10-24-16(17)18-12/h10-11,13H,2-9H2,1H3,(H2,17,18)/t11-,13+/m0/s1. The van der Waals surface area contributed by atoms with E-state index >= 15 is 0 Å². The van der Waals surface area contributed by atoms with E-state index in [2.05, 4.69) is 4.98 Å². The molecular formula is C16H24N4O3S. The minimum absolute atomic E-state index is 0.0699. The molecule has 3 aliphatic rings. The van der Waals surface area contributed by atoms with Crippen molar-refractivity contribution >= 4 is 28.3 Å². The Morgan fingerprint density at radius 2 is 2.29 bits per heavy atom. The van der Waals surface area contributed by atoms with Gasteiger partial charge in [0.1, 0.15) is 0 Å². The molecule has 3 fully saturated rings. The second kappa shape index (κ2) is 7.48. The first-order valence-corrected chi connectivity index (χ1v) is 9.23. The van der Waals surface area contributed by atoms with Crippen LogP contribution in [0.25, 0.3) is 0 Å². The van der Waals surface area contributed by atoms with Crippen molar-refractivity contribution in [3.05, 3.63) is 11.1 Å². The first-order valence-electron chi connectivity index (χ1n) is 8.35. The SMILES string of the molecule is COCCN1C(=O)[C@H]2CC[C@@H]1CN(C(=O)CCc1csc(N)n1)C2. The Hall–Kier alpha value is -1.67. The first-order chi connectivity index (χ1) is 11.6. The highest BCUT2D eigenvalue weighted by atomic mass is 32.1. The number of rotatable bonds is 6. The zero-order valence-electron chi connectivity index (χ0n) is 13.9. The molecule has 4 rings (SSSR count). The topological polar surface area (TPSA) is 88.8 Å². The van der Waals surface area contributed by atoms with Gasteiger partial charge in [0.2, 0.25) is 11.8 Å². The van der Waals surface area contributed by atoms with E-state index in [1.807, 2.05) is 15.2 Å². The number of methoxy groups -OCH3 is 1. The highest BCUT2D eigenvalue weighted by Gasteiger charge is 2.41. The number of nitrogens with zero attached hydrogens (tertiary/aromatic N) is 3. The fourth-order valence-electron chi connectivity index (χ4n) is 3.56. The second-order valence-corrected chi connectivity index (χ2v) is 7.32. The third kappa shape index (κ3) is 3.70. The maximum Gasteiger partial charge on any atom is 0.227 e. The third-order valence-corrected chi connectivity index (χ3v) is 5.57. The zero-order valence-corrected chi connectivity index (χ0v) is 14.8. The van der Waals surface area contributed by atoms with Crippen LogP contribution in [-0.2, 0) is 20.7 Å². The quantitative estimate of drug-likeness (QED) is 0.816. The molecule has 2 atom stereocenters. The number of hydrogen-bond donors (Lipinski definition) is 1. The van der Waals surface area contributed by atoms with Crippen LogP contribution in [-0.4, -0.2) is 66.0 Å². The number of carbonyl (C=O) groups is 2. The van der Waals surface area contributed by atoms with Gasteiger partial charge in [0, 0.05) is 44.6 Å². The Bertz CT molecular complexity index is 606. The lowest BCUT2D eigenvalue weighted by molar-refractivity contribution is -0.140. The summed E-state index contributed by atoms with van der Waals surface area (Å²) in [6, 6.07) is 0.116. The number of thiazole rings is 1. The highest BCUT2D eigenvalue weighted by Crippen LogP contribution is 2.29. The lowest BCUT2D eigenvalue weighted by Crippen LogP contribution is -2.49. The van der Waals surface area contributed by atoms with E-state index in [4.69, 9.17) is 10.5 Å². The number of carbonyl (C=O) groups excluding carboxylic acids is 2. The summed E-state index contributed by atoms with van der Waals surface area (Å²) in [5.74, 6) is 0.199. The van der Waals surface area contributed by atoms with Gasteiger partial charge in [-0.15, -0.1) is 11.3 Å². The molecule has 0 aliphatic carbocycles. The van der Waals surface area contributed by atoms with E-state index in [9.17, 15) is 9.59 Å². The Labute approximate surface area is 145 Å². The van der Waals surface area contributed by atoms with Gasteiger partial charge in [-0.2, -0.15) is 0 Å². The lowest BCUT2D eigenvalue weighted by atomic mass is 9.94. The Kier molecular flexibility index (Phi) is 5.35. The first kappa shape index (κ1) is 17.2. The minimum Gasteiger partial charge on any atom is -0.383 e. The second-order valence-electron chi connectivity index (χ2n) is 6.43. The number of ether oxygens (including phenoxy) is 1. The number of hydrogen-bond acceptors (Lipinski definition) is 6. The van der Waals surface area contributed by atoms with Gasteiger partial charge in [-0.1, -0.05) is 0 Å². The molecular weight excluding hydrogens is 328 g/mol. The van der Waals surface area contributed by atoms with Crippen LogP contribution in [0.3, 0.4) is 0 Å². The van der Waals surface area contributed by atoms with Crippen molar-refractivity contribution in [1.82, 2.24) is 14.8 Å². The van der Waals surface area contributed by atoms with Crippen LogP contribution >= 0.6 is 11.3 Å². The zero-order chi connectivity index (χ0) is 17.1. The molecule has 132 valence electrons. The van der Waals surface area contributed by atoms with Gasteiger partial charge in [0.05, 0.1) is 18.2 Å². The Morgan fingerprint density at radius 1 is 1.46 bits per heavy atom. The van der Waals surface area contributed by atoms with Crippen LogP contribution in [0, 0.1) is 5.92 Å². The molecule has 8 heteroatoms. The molecule has 0 saturated carbocycles. The predicted octanol–water partition coefficient (Wildman–Crippen LogP) is 0.754. The molecule has 4 heterocycles. The van der Waals surface area contributed by atoms with E-state index in [-0.39, 0.29) is 23.8 Å². The summed E-state index contributed by atoms with van der Waals surface area (Å²) in [4.78, 5) is 33.1. The number of anilines is 1. The third-order valence-electron chi connectivity index (χ3n) is 4.85. The normalized spacial score (nSPS) is 23.6. The number of aryl methyl sites for hydroxylation is 1. The van der Waals surface area contributed by atoms with Crippen LogP contribution in [0.4, 0.5) is 5.13 Å². The average Bonchev–Trinajstić information content (AvgIpc) is 2.80. The smallest absolute Gasteiger partial charge is 0.227 e. The summed E-state index contributed by atoms with van der Waals surface area (Å²) < 4.78 is 5.11. The van der Waals surface area contributed by atoms with E-state index < -0.39 is 0 Å². The molecule has 3 saturated heterocycles. The molecule has 0 unspecified atom stereocenters. The number of fused-ring (bicyclic) bond motifs is 4. The number of nitrogen functional groups attached to an aromatic ring is 1. The van der Waals surface area contributed by atoms with Crippen molar-refractivity contribution in [2.45, 2.75) is 31.7 Å². The molecule has 1 aromatic rings. The molecule has 0 radical (unpaired) electrons. The van der Waals surface area contributed by atoms with E-state index in [0.29, 0.717) is 44.2 Å². The number of amides is 2. The summed E-state index contributed by atoms with van der Waals surface area (Å²) in [6.45, 7) is 2.31. The summed E-state index contributed by atoms with van der Waals surface area (Å²) in [5.41, 5.74) is 6.48. The molecule has 0 aromatic carbocycles. The van der Waals surface area contributed by atoms with Gasteiger partial charge >= 0.3 is 0 Å². The molecule has 2 bridgehead atoms. The molecule has 2 amide bonds. The molecule has 3 aliphatic heterocycles. The molecule has 24 heavy (non-hydrogen) atoms. The van der Waals surface area contributed by atoms with Gasteiger partial charge in [-0.25, -0.2) is 4.98 Å². The van der Waals surface area contributed by atoms with Crippen molar-refractivity contribution in [1.29, 1.82) is 0 Å². The number of piperidine rings is 1. The largest absolute Gasteiger partial charge is 0.383 e. The average molecular weight is 352 g/mol. The highest BCUT2D eigenvalue weighted by molar-refractivity contribution is 7.13. The van der Waals surface area contributed by atoms with E-state index in [1.165, 1.54) is 11.3 Å². The van der Waals surface area contributed by atoms with Gasteiger partial charge < -0.3 is 20.3 Å². The summed E-state index contributed by atoms with van der Waals surface area (Å²) in [5, 5.41) is 2.43. The van der Waals surface area contributed by atoms with Crippen LogP contribution in [0.5, 0.6) is 0 Å². The number of nitrogens with two attached hydrogens (primary N) is 1. The van der Waals surface area contributed by atoms with Gasteiger partial charge in [0.15, 0.2) is 5.13 Å². The van der Waals surface area contributed by atoms with Crippen LogP contribution in [0.1, 0.15) is 25.0 Å². The van der Waals surface area contributed by atoms with Crippen LogP contribution in [0.15, 0.2) is 5.38 Å². The van der Waals surface area contributed by atoms with E-state index in [1.54, 1.807) is 7.11 Å². The van der Waals surface area contributed by atoms with E-state index in [0.717, 1.165) is 18.5 Å². The van der Waals surface area contributed by atoms with Crippen LogP contribution < -0.4 is 5.73 Å². The minimum atomic E-state index is -0.0699. The maximum atomic E-state index is 12.6. The lowest BCUT2D eigenvalue weighted by Gasteiger charge is -2.35. The van der Waals surface area contributed by atoms with Gasteiger partial charge in [-0.05, 0) is 19.3 Å². The Balaban J connectivity index is 1.61. The van der Waals surface area contributed by atoms with Crippen molar-refractivity contribution < 1.29 is 14.3 Å². The summed E-state index contributed by atoms with van der Waals surface area (Å²) >= 11 is 1.39. The van der Waals surface area contributed by atoms with Gasteiger partial charge in [0.25, 0.3) is 0 Å². The monoisotopic (exact) mass is 352 g/mol. The van der Waals surface area contributed by atoms with Crippen molar-refractivity contribution in [2.24, 2.45) is 5.92 Å². The van der Waals surface area contributed by atoms with Crippen molar-refractivity contribution in [2.75, 3.05) is 39.1 Å². The predicted molar refractivity (Wildman–Crippen MR) is 91.5 cm³/mol. The van der Waals surface area contributed by atoms with Crippen LogP contribution in [0.2, 0.25) is 0 Å². The summed E-state index contributed by atoms with van der Waals surface area (Å²) in [6.07, 6.45) is 2.85. The fourth-order valence-corrected chi connectivity index (χ4v) is 4.16. The summed E-state index contributed by atoms with van der Waals surface area (Å²) in [7, 11) is 1.64. The molecule has 2 N–H and O–H groups in total. The molecule has 7 nitrogen and oxygen atoms in total. The Morgan fingerprint density at radius 3 is 3.00 bits per heavy atom. The van der Waals surface area contributed by atoms with Crippen molar-refractivity contribution in [3.8, 4) is 0 Å². The maximum absolute atomic E-state index is 12.6. The fraction of sp³-hybridized carbons (Fsp3) is 0.688.